The van der Waals surface area contributed by atoms with Gasteiger partial charge in [-0.25, -0.2) is 0 Å². The summed E-state index contributed by atoms with van der Waals surface area (Å²) in [5, 5.41) is 3.00. The van der Waals surface area contributed by atoms with Gasteiger partial charge >= 0.3 is 0 Å². The molecule has 0 unspecified atom stereocenters. The first-order valence-corrected chi connectivity index (χ1v) is 8.28. The van der Waals surface area contributed by atoms with E-state index in [0.717, 1.165) is 32.7 Å². The molecule has 0 aromatic heterocycles. The molecule has 1 aliphatic heterocycles. The van der Waals surface area contributed by atoms with Gasteiger partial charge in [-0.1, -0.05) is 29.8 Å². The van der Waals surface area contributed by atoms with Gasteiger partial charge in [0.05, 0.1) is 6.04 Å². The number of rotatable bonds is 5. The molecule has 1 aromatic rings. The Bertz CT molecular complexity index is 493. The van der Waals surface area contributed by atoms with Crippen molar-refractivity contribution in [3.8, 4) is 0 Å². The lowest BCUT2D eigenvalue weighted by Gasteiger charge is -2.37. The van der Waals surface area contributed by atoms with Gasteiger partial charge in [-0.2, -0.15) is 0 Å². The third-order valence-corrected chi connectivity index (χ3v) is 4.25. The van der Waals surface area contributed by atoms with E-state index in [1.807, 2.05) is 20.8 Å². The molecule has 22 heavy (non-hydrogen) atoms. The van der Waals surface area contributed by atoms with Crippen LogP contribution in [-0.4, -0.2) is 54.0 Å². The second-order valence-electron chi connectivity index (χ2n) is 6.64. The summed E-state index contributed by atoms with van der Waals surface area (Å²) < 4.78 is 0. The van der Waals surface area contributed by atoms with Gasteiger partial charge in [-0.3, -0.25) is 14.6 Å². The molecule has 4 heteroatoms. The fourth-order valence-corrected chi connectivity index (χ4v) is 2.95. The summed E-state index contributed by atoms with van der Waals surface area (Å²) in [5.41, 5.74) is 2.69. The monoisotopic (exact) mass is 303 g/mol. The summed E-state index contributed by atoms with van der Waals surface area (Å²) >= 11 is 0. The zero-order valence-electron chi connectivity index (χ0n) is 14.3. The summed E-state index contributed by atoms with van der Waals surface area (Å²) in [6.07, 6.45) is 0. The Morgan fingerprint density at radius 1 is 1.18 bits per heavy atom. The molecule has 2 rings (SSSR count). The maximum atomic E-state index is 12.1. The highest BCUT2D eigenvalue weighted by atomic mass is 16.2. The Hall–Kier alpha value is -1.39. The minimum Gasteiger partial charge on any atom is -0.353 e. The number of nitrogens with zero attached hydrogens (tertiary/aromatic N) is 2. The van der Waals surface area contributed by atoms with Crippen molar-refractivity contribution in [3.05, 3.63) is 35.4 Å². The third-order valence-electron chi connectivity index (χ3n) is 4.25. The number of carbonyl (C=O) groups is 1. The van der Waals surface area contributed by atoms with E-state index in [1.54, 1.807) is 0 Å². The predicted molar refractivity (Wildman–Crippen MR) is 90.8 cm³/mol. The average Bonchev–Trinajstić information content (AvgIpc) is 2.46. The van der Waals surface area contributed by atoms with E-state index in [0.29, 0.717) is 0 Å². The Morgan fingerprint density at radius 3 is 2.45 bits per heavy atom. The topological polar surface area (TPSA) is 35.6 Å². The summed E-state index contributed by atoms with van der Waals surface area (Å²) in [5.74, 6) is 0.141. The Kier molecular flexibility index (Phi) is 5.98. The zero-order valence-corrected chi connectivity index (χ0v) is 14.3. The lowest BCUT2D eigenvalue weighted by Crippen LogP contribution is -2.54. The summed E-state index contributed by atoms with van der Waals surface area (Å²) in [4.78, 5) is 16.8. The first kappa shape index (κ1) is 17.0. The number of amides is 1. The normalized spacial score (nSPS) is 18.4. The van der Waals surface area contributed by atoms with Crippen LogP contribution in [0.25, 0.3) is 0 Å². The standard InChI is InChI=1S/C18H29N3O/c1-14(2)19-18(22)16(4)21-10-8-20(9-11-21)13-17-7-5-6-15(3)12-17/h5-7,12,14,16H,8-11,13H2,1-4H3,(H,19,22)/t16-/m1/s1. The summed E-state index contributed by atoms with van der Waals surface area (Å²) in [6.45, 7) is 13.1. The third kappa shape index (κ3) is 4.82. The van der Waals surface area contributed by atoms with Gasteiger partial charge in [0.15, 0.2) is 0 Å². The van der Waals surface area contributed by atoms with E-state index in [4.69, 9.17) is 0 Å². The quantitative estimate of drug-likeness (QED) is 0.904. The largest absolute Gasteiger partial charge is 0.353 e. The highest BCUT2D eigenvalue weighted by molar-refractivity contribution is 5.81. The lowest BCUT2D eigenvalue weighted by atomic mass is 10.1. The first-order chi connectivity index (χ1) is 10.5. The molecular formula is C18H29N3O. The summed E-state index contributed by atoms with van der Waals surface area (Å²) in [6, 6.07) is 8.87. The van der Waals surface area contributed by atoms with Crippen molar-refractivity contribution in [1.29, 1.82) is 0 Å². The van der Waals surface area contributed by atoms with Crippen molar-refractivity contribution in [2.45, 2.75) is 46.3 Å². The van der Waals surface area contributed by atoms with E-state index >= 15 is 0 Å². The van der Waals surface area contributed by atoms with Crippen LogP contribution in [0.2, 0.25) is 0 Å². The number of benzene rings is 1. The van der Waals surface area contributed by atoms with Gasteiger partial charge in [-0.15, -0.1) is 0 Å². The van der Waals surface area contributed by atoms with Crippen LogP contribution in [0.5, 0.6) is 0 Å². The van der Waals surface area contributed by atoms with Crippen molar-refractivity contribution < 1.29 is 4.79 Å². The first-order valence-electron chi connectivity index (χ1n) is 8.28. The van der Waals surface area contributed by atoms with Gasteiger partial charge in [-0.05, 0) is 33.3 Å². The molecule has 0 aliphatic carbocycles. The number of carbonyl (C=O) groups excluding carboxylic acids is 1. The molecule has 1 aliphatic rings. The van der Waals surface area contributed by atoms with E-state index in [2.05, 4.69) is 46.3 Å². The molecular weight excluding hydrogens is 274 g/mol. The Labute approximate surface area is 134 Å². The summed E-state index contributed by atoms with van der Waals surface area (Å²) in [7, 11) is 0. The molecule has 4 nitrogen and oxygen atoms in total. The highest BCUT2D eigenvalue weighted by Crippen LogP contribution is 2.12. The molecule has 1 N–H and O–H groups in total. The van der Waals surface area contributed by atoms with Gasteiger partial charge in [0.1, 0.15) is 0 Å². The SMILES string of the molecule is Cc1cccc(CN2CCN([C@H](C)C(=O)NC(C)C)CC2)c1. The van der Waals surface area contributed by atoms with Gasteiger partial charge in [0.25, 0.3) is 0 Å². The molecule has 1 saturated heterocycles. The van der Waals surface area contributed by atoms with E-state index in [9.17, 15) is 4.79 Å². The Morgan fingerprint density at radius 2 is 1.86 bits per heavy atom. The van der Waals surface area contributed by atoms with Crippen molar-refractivity contribution in [2.24, 2.45) is 0 Å². The van der Waals surface area contributed by atoms with Crippen LogP contribution < -0.4 is 5.32 Å². The molecule has 0 radical (unpaired) electrons. The number of hydrogen-bond donors (Lipinski definition) is 1. The zero-order chi connectivity index (χ0) is 16.1. The van der Waals surface area contributed by atoms with Crippen LogP contribution in [0, 0.1) is 6.92 Å². The molecule has 0 saturated carbocycles. The average molecular weight is 303 g/mol. The fourth-order valence-electron chi connectivity index (χ4n) is 2.95. The molecule has 0 spiro atoms. The van der Waals surface area contributed by atoms with Crippen LogP contribution in [0.1, 0.15) is 31.9 Å². The molecule has 1 fully saturated rings. The van der Waals surface area contributed by atoms with Gasteiger partial charge in [0, 0.05) is 38.8 Å². The predicted octanol–water partition coefficient (Wildman–Crippen LogP) is 2.03. The van der Waals surface area contributed by atoms with Crippen molar-refractivity contribution >= 4 is 5.91 Å². The van der Waals surface area contributed by atoms with Crippen molar-refractivity contribution in [3.63, 3.8) is 0 Å². The van der Waals surface area contributed by atoms with E-state index < -0.39 is 0 Å². The minimum atomic E-state index is -0.0384. The van der Waals surface area contributed by atoms with Crippen LogP contribution in [-0.2, 0) is 11.3 Å². The van der Waals surface area contributed by atoms with Crippen LogP contribution in [0.4, 0.5) is 0 Å². The number of piperazine rings is 1. The molecule has 0 bridgehead atoms. The second kappa shape index (κ2) is 7.75. The van der Waals surface area contributed by atoms with Crippen LogP contribution >= 0.6 is 0 Å². The molecule has 1 aromatic carbocycles. The fraction of sp³-hybridized carbons (Fsp3) is 0.611. The van der Waals surface area contributed by atoms with Crippen LogP contribution in [0.15, 0.2) is 24.3 Å². The van der Waals surface area contributed by atoms with Crippen LogP contribution in [0.3, 0.4) is 0 Å². The maximum absolute atomic E-state index is 12.1. The molecule has 122 valence electrons. The second-order valence-corrected chi connectivity index (χ2v) is 6.64. The number of hydrogen-bond acceptors (Lipinski definition) is 3. The smallest absolute Gasteiger partial charge is 0.237 e. The maximum Gasteiger partial charge on any atom is 0.237 e. The molecule has 1 amide bonds. The van der Waals surface area contributed by atoms with Gasteiger partial charge < -0.3 is 5.32 Å². The minimum absolute atomic E-state index is 0.0384. The molecule has 1 atom stereocenters. The lowest BCUT2D eigenvalue weighted by molar-refractivity contribution is -0.127. The van der Waals surface area contributed by atoms with Crippen molar-refractivity contribution in [1.82, 2.24) is 15.1 Å². The Balaban J connectivity index is 1.81. The number of nitrogens with one attached hydrogen (secondary N) is 1. The van der Waals surface area contributed by atoms with E-state index in [-0.39, 0.29) is 18.0 Å². The number of aryl methyl sites for hydroxylation is 1. The van der Waals surface area contributed by atoms with E-state index in [1.165, 1.54) is 11.1 Å². The molecule has 1 heterocycles. The van der Waals surface area contributed by atoms with Gasteiger partial charge in [0.2, 0.25) is 5.91 Å². The highest BCUT2D eigenvalue weighted by Gasteiger charge is 2.25. The van der Waals surface area contributed by atoms with Crippen molar-refractivity contribution in [2.75, 3.05) is 26.2 Å².